The molecule has 3 heteroatoms. The standard InChI is InChI=1S/C50H32N2S/c1-2-14-37-34(13-1)31-48(40-17-4-3-16-39(37)40)51(36-29-30-50-44(32-36)43-20-8-12-24-49(43)53-50)35-27-25-33(26-28-35)38-15-5-9-21-45(38)52-46-22-10-6-18-41(46)42-19-7-11-23-47(42)52/h1-32H. The highest BCUT2D eigenvalue weighted by Gasteiger charge is 2.20. The van der Waals surface area contributed by atoms with E-state index in [-0.39, 0.29) is 0 Å². The average molecular weight is 693 g/mol. The molecular weight excluding hydrogens is 661 g/mol. The second kappa shape index (κ2) is 11.9. The number of fused-ring (bicyclic) bond motifs is 9. The number of aromatic nitrogens is 1. The first-order valence-corrected chi connectivity index (χ1v) is 18.9. The van der Waals surface area contributed by atoms with Crippen LogP contribution in [0.25, 0.3) is 80.3 Å². The summed E-state index contributed by atoms with van der Waals surface area (Å²) in [5.74, 6) is 0. The molecule has 0 saturated heterocycles. The molecule has 11 aromatic rings. The molecule has 0 bridgehead atoms. The third-order valence-electron chi connectivity index (χ3n) is 10.8. The Balaban J connectivity index is 1.12. The van der Waals surface area contributed by atoms with Gasteiger partial charge in [0.05, 0.1) is 22.4 Å². The van der Waals surface area contributed by atoms with E-state index in [0.717, 1.165) is 17.1 Å². The average Bonchev–Trinajstić information content (AvgIpc) is 3.77. The SMILES string of the molecule is c1ccc(-n2c3ccccc3c3ccccc32)c(-c2ccc(N(c3ccc4sc5ccccc5c4c3)c3cc4ccccc4c4ccccc34)cc2)c1. The predicted octanol–water partition coefficient (Wildman–Crippen LogP) is 14.6. The molecule has 0 spiro atoms. The number of anilines is 3. The van der Waals surface area contributed by atoms with Gasteiger partial charge in [-0.05, 0) is 82.4 Å². The highest BCUT2D eigenvalue weighted by Crippen LogP contribution is 2.45. The van der Waals surface area contributed by atoms with Crippen LogP contribution in [0.5, 0.6) is 0 Å². The molecule has 0 aliphatic heterocycles. The third-order valence-corrected chi connectivity index (χ3v) is 11.9. The smallest absolute Gasteiger partial charge is 0.0546 e. The zero-order valence-electron chi connectivity index (χ0n) is 28.8. The predicted molar refractivity (Wildman–Crippen MR) is 229 cm³/mol. The molecule has 0 aliphatic carbocycles. The van der Waals surface area contributed by atoms with Crippen molar-refractivity contribution in [2.75, 3.05) is 4.90 Å². The maximum Gasteiger partial charge on any atom is 0.0546 e. The van der Waals surface area contributed by atoms with Crippen LogP contribution in [-0.4, -0.2) is 4.57 Å². The summed E-state index contributed by atoms with van der Waals surface area (Å²) in [6.07, 6.45) is 0. The van der Waals surface area contributed by atoms with Crippen LogP contribution in [0.1, 0.15) is 0 Å². The fourth-order valence-electron chi connectivity index (χ4n) is 8.38. The molecule has 0 fully saturated rings. The molecule has 53 heavy (non-hydrogen) atoms. The quantitative estimate of drug-likeness (QED) is 0.163. The Morgan fingerprint density at radius 3 is 1.72 bits per heavy atom. The van der Waals surface area contributed by atoms with Crippen LogP contribution in [0.2, 0.25) is 0 Å². The van der Waals surface area contributed by atoms with Crippen LogP contribution in [-0.2, 0) is 0 Å². The van der Waals surface area contributed by atoms with Crippen molar-refractivity contribution in [1.29, 1.82) is 0 Å². The maximum absolute atomic E-state index is 2.45. The lowest BCUT2D eigenvalue weighted by atomic mass is 9.98. The van der Waals surface area contributed by atoms with Gasteiger partial charge in [0.1, 0.15) is 0 Å². The Morgan fingerprint density at radius 1 is 0.377 bits per heavy atom. The van der Waals surface area contributed by atoms with Gasteiger partial charge in [-0.25, -0.2) is 0 Å². The Hall–Kier alpha value is -6.68. The molecule has 2 nitrogen and oxygen atoms in total. The van der Waals surface area contributed by atoms with Gasteiger partial charge in [0.2, 0.25) is 0 Å². The second-order valence-corrected chi connectivity index (χ2v) is 14.8. The van der Waals surface area contributed by atoms with Crippen LogP contribution < -0.4 is 4.90 Å². The highest BCUT2D eigenvalue weighted by atomic mass is 32.1. The van der Waals surface area contributed by atoms with Crippen LogP contribution in [0.4, 0.5) is 17.1 Å². The fourth-order valence-corrected chi connectivity index (χ4v) is 9.47. The number of nitrogens with zero attached hydrogens (tertiary/aromatic N) is 2. The molecule has 11 rings (SSSR count). The molecule has 9 aromatic carbocycles. The number of rotatable bonds is 5. The van der Waals surface area contributed by atoms with E-state index in [0.29, 0.717) is 0 Å². The Kier molecular flexibility index (Phi) is 6.76. The van der Waals surface area contributed by atoms with Gasteiger partial charge in [-0.1, -0.05) is 133 Å². The number of thiophene rings is 1. The summed E-state index contributed by atoms with van der Waals surface area (Å²) in [5, 5.41) is 10.1. The van der Waals surface area contributed by atoms with Crippen LogP contribution in [0, 0.1) is 0 Å². The van der Waals surface area contributed by atoms with Crippen molar-refractivity contribution in [3.05, 3.63) is 194 Å². The first kappa shape index (κ1) is 30.0. The van der Waals surface area contributed by atoms with Crippen molar-refractivity contribution in [2.45, 2.75) is 0 Å². The zero-order chi connectivity index (χ0) is 34.9. The molecule has 0 atom stereocenters. The summed E-state index contributed by atoms with van der Waals surface area (Å²) in [6, 6.07) is 71.0. The van der Waals surface area contributed by atoms with Gasteiger partial charge in [0, 0.05) is 53.3 Å². The lowest BCUT2D eigenvalue weighted by Gasteiger charge is -2.28. The van der Waals surface area contributed by atoms with E-state index in [9.17, 15) is 0 Å². The molecule has 0 unspecified atom stereocenters. The van der Waals surface area contributed by atoms with Gasteiger partial charge in [-0.3, -0.25) is 0 Å². The summed E-state index contributed by atoms with van der Waals surface area (Å²) < 4.78 is 5.03. The van der Waals surface area contributed by atoms with Gasteiger partial charge in [-0.2, -0.15) is 0 Å². The molecule has 0 N–H and O–H groups in total. The van der Waals surface area contributed by atoms with Crippen molar-refractivity contribution >= 4 is 91.9 Å². The van der Waals surface area contributed by atoms with E-state index < -0.39 is 0 Å². The number of hydrogen-bond donors (Lipinski definition) is 0. The Morgan fingerprint density at radius 2 is 0.943 bits per heavy atom. The third kappa shape index (κ3) is 4.71. The minimum absolute atomic E-state index is 1.11. The minimum Gasteiger partial charge on any atom is -0.310 e. The number of benzene rings is 9. The molecule has 0 aliphatic rings. The van der Waals surface area contributed by atoms with Gasteiger partial charge in [-0.15, -0.1) is 11.3 Å². The van der Waals surface area contributed by atoms with Crippen molar-refractivity contribution < 1.29 is 0 Å². The maximum atomic E-state index is 2.45. The summed E-state index contributed by atoms with van der Waals surface area (Å²) in [5.41, 5.74) is 9.38. The normalized spacial score (nSPS) is 11.8. The van der Waals surface area contributed by atoms with Crippen molar-refractivity contribution in [1.82, 2.24) is 4.57 Å². The molecular formula is C50H32N2S. The summed E-state index contributed by atoms with van der Waals surface area (Å²) in [7, 11) is 0. The van der Waals surface area contributed by atoms with E-state index in [2.05, 4.69) is 204 Å². The summed E-state index contributed by atoms with van der Waals surface area (Å²) >= 11 is 1.86. The van der Waals surface area contributed by atoms with E-state index >= 15 is 0 Å². The molecule has 0 amide bonds. The number of hydrogen-bond acceptors (Lipinski definition) is 2. The molecule has 248 valence electrons. The molecule has 2 aromatic heterocycles. The minimum atomic E-state index is 1.11. The topological polar surface area (TPSA) is 8.17 Å². The highest BCUT2D eigenvalue weighted by molar-refractivity contribution is 7.25. The Bertz CT molecular complexity index is 3130. The molecule has 0 radical (unpaired) electrons. The van der Waals surface area contributed by atoms with Crippen molar-refractivity contribution in [3.63, 3.8) is 0 Å². The lowest BCUT2D eigenvalue weighted by Crippen LogP contribution is -2.10. The second-order valence-electron chi connectivity index (χ2n) is 13.7. The largest absolute Gasteiger partial charge is 0.310 e. The molecule has 0 saturated carbocycles. The number of para-hydroxylation sites is 3. The van der Waals surface area contributed by atoms with Crippen LogP contribution >= 0.6 is 11.3 Å². The fraction of sp³-hybridized carbons (Fsp3) is 0. The first-order valence-electron chi connectivity index (χ1n) is 18.1. The van der Waals surface area contributed by atoms with Crippen molar-refractivity contribution in [3.8, 4) is 16.8 Å². The van der Waals surface area contributed by atoms with E-state index in [1.165, 1.54) is 80.3 Å². The zero-order valence-corrected chi connectivity index (χ0v) is 29.6. The van der Waals surface area contributed by atoms with Gasteiger partial charge < -0.3 is 9.47 Å². The monoisotopic (exact) mass is 692 g/mol. The van der Waals surface area contributed by atoms with Gasteiger partial charge in [0.25, 0.3) is 0 Å². The summed E-state index contributed by atoms with van der Waals surface area (Å²) in [6.45, 7) is 0. The van der Waals surface area contributed by atoms with Crippen molar-refractivity contribution in [2.24, 2.45) is 0 Å². The van der Waals surface area contributed by atoms with E-state index in [1.807, 2.05) is 11.3 Å². The van der Waals surface area contributed by atoms with E-state index in [1.54, 1.807) is 0 Å². The summed E-state index contributed by atoms with van der Waals surface area (Å²) in [4.78, 5) is 2.45. The van der Waals surface area contributed by atoms with Gasteiger partial charge >= 0.3 is 0 Å². The lowest BCUT2D eigenvalue weighted by molar-refractivity contribution is 1.18. The van der Waals surface area contributed by atoms with E-state index in [4.69, 9.17) is 0 Å². The molecule has 2 heterocycles. The first-order chi connectivity index (χ1) is 26.3. The Labute approximate surface area is 311 Å². The van der Waals surface area contributed by atoms with Gasteiger partial charge in [0.15, 0.2) is 0 Å². The van der Waals surface area contributed by atoms with Crippen LogP contribution in [0.15, 0.2) is 194 Å². The van der Waals surface area contributed by atoms with Crippen LogP contribution in [0.3, 0.4) is 0 Å².